The molecule has 0 aliphatic rings. The van der Waals surface area contributed by atoms with Gasteiger partial charge in [0, 0.05) is 13.0 Å². The van der Waals surface area contributed by atoms with Crippen molar-refractivity contribution in [3.8, 4) is 0 Å². The third-order valence-electron chi connectivity index (χ3n) is 1.65. The zero-order valence-electron chi connectivity index (χ0n) is 8.40. The van der Waals surface area contributed by atoms with Crippen molar-refractivity contribution in [3.05, 3.63) is 0 Å². The fourth-order valence-electron chi connectivity index (χ4n) is 0.793. The normalized spacial score (nSPS) is 13.7. The van der Waals surface area contributed by atoms with Gasteiger partial charge >= 0.3 is 6.18 Å². The van der Waals surface area contributed by atoms with Crippen molar-refractivity contribution in [1.82, 2.24) is 10.6 Å². The molecular formula is C8H15F3N2O2. The quantitative estimate of drug-likeness (QED) is 0.562. The Kier molecular flexibility index (Phi) is 6.26. The molecule has 7 heteroatoms. The lowest BCUT2D eigenvalue weighted by Crippen LogP contribution is -2.41. The van der Waals surface area contributed by atoms with E-state index in [9.17, 15) is 18.0 Å². The molecule has 0 aliphatic heterocycles. The summed E-state index contributed by atoms with van der Waals surface area (Å²) in [7, 11) is 0. The van der Waals surface area contributed by atoms with E-state index in [1.54, 1.807) is 0 Å². The summed E-state index contributed by atoms with van der Waals surface area (Å²) in [6.07, 6.45) is -7.09. The molecule has 4 nitrogen and oxygen atoms in total. The van der Waals surface area contributed by atoms with Crippen molar-refractivity contribution in [3.63, 3.8) is 0 Å². The Morgan fingerprint density at radius 1 is 1.47 bits per heavy atom. The number of nitrogens with one attached hydrogen (secondary N) is 2. The lowest BCUT2D eigenvalue weighted by Gasteiger charge is -2.14. The van der Waals surface area contributed by atoms with Crippen LogP contribution in [0.5, 0.6) is 0 Å². The molecule has 3 N–H and O–H groups in total. The summed E-state index contributed by atoms with van der Waals surface area (Å²) in [6.45, 7) is 2.16. The van der Waals surface area contributed by atoms with Crippen molar-refractivity contribution in [2.75, 3.05) is 19.6 Å². The van der Waals surface area contributed by atoms with Gasteiger partial charge in [0.05, 0.1) is 6.54 Å². The highest BCUT2D eigenvalue weighted by Gasteiger charge is 2.38. The first-order valence-corrected chi connectivity index (χ1v) is 4.60. The minimum atomic E-state index is -4.69. The fraction of sp³-hybridized carbons (Fsp3) is 0.875. The van der Waals surface area contributed by atoms with E-state index in [0.29, 0.717) is 13.1 Å². The van der Waals surface area contributed by atoms with E-state index < -0.39 is 24.7 Å². The fourth-order valence-corrected chi connectivity index (χ4v) is 0.793. The number of halogens is 3. The Bertz CT molecular complexity index is 197. The van der Waals surface area contributed by atoms with Crippen molar-refractivity contribution >= 4 is 5.91 Å². The summed E-state index contributed by atoms with van der Waals surface area (Å²) < 4.78 is 35.4. The van der Waals surface area contributed by atoms with E-state index in [1.807, 2.05) is 12.2 Å². The molecule has 0 saturated carbocycles. The second kappa shape index (κ2) is 6.62. The third-order valence-corrected chi connectivity index (χ3v) is 1.65. The number of carbonyl (C=O) groups excluding carboxylic acids is 1. The molecule has 15 heavy (non-hydrogen) atoms. The van der Waals surface area contributed by atoms with E-state index in [1.165, 1.54) is 0 Å². The Balaban J connectivity index is 3.62. The van der Waals surface area contributed by atoms with Crippen LogP contribution in [0.25, 0.3) is 0 Å². The van der Waals surface area contributed by atoms with Crippen LogP contribution < -0.4 is 10.6 Å². The minimum Gasteiger partial charge on any atom is -0.382 e. The molecule has 0 rings (SSSR count). The van der Waals surface area contributed by atoms with Crippen LogP contribution in [0.15, 0.2) is 0 Å². The van der Waals surface area contributed by atoms with Gasteiger partial charge in [0.15, 0.2) is 6.10 Å². The average Bonchev–Trinajstić information content (AvgIpc) is 2.13. The molecule has 0 bridgehead atoms. The average molecular weight is 228 g/mol. The highest BCUT2D eigenvalue weighted by atomic mass is 19.4. The molecule has 90 valence electrons. The molecule has 0 fully saturated rings. The van der Waals surface area contributed by atoms with Gasteiger partial charge in [0.1, 0.15) is 0 Å². The van der Waals surface area contributed by atoms with E-state index in [4.69, 9.17) is 5.11 Å². The van der Waals surface area contributed by atoms with Gasteiger partial charge in [-0.05, 0) is 6.54 Å². The topological polar surface area (TPSA) is 61.4 Å². The van der Waals surface area contributed by atoms with E-state index >= 15 is 0 Å². The first-order valence-electron chi connectivity index (χ1n) is 4.60. The van der Waals surface area contributed by atoms with Gasteiger partial charge < -0.3 is 15.7 Å². The van der Waals surface area contributed by atoms with E-state index in [-0.39, 0.29) is 6.42 Å². The number of aliphatic hydroxyl groups is 1. The Labute approximate surface area is 85.8 Å². The maximum Gasteiger partial charge on any atom is 0.416 e. The van der Waals surface area contributed by atoms with Gasteiger partial charge in [-0.3, -0.25) is 4.79 Å². The maximum atomic E-state index is 11.8. The van der Waals surface area contributed by atoms with Crippen molar-refractivity contribution in [1.29, 1.82) is 0 Å². The van der Waals surface area contributed by atoms with Crippen molar-refractivity contribution < 1.29 is 23.1 Å². The zero-order valence-corrected chi connectivity index (χ0v) is 8.40. The zero-order chi connectivity index (χ0) is 11.9. The molecule has 0 aromatic rings. The molecule has 0 aromatic heterocycles. The second-order valence-electron chi connectivity index (χ2n) is 2.97. The number of alkyl halides is 3. The number of rotatable bonds is 6. The molecule has 1 atom stereocenters. The highest BCUT2D eigenvalue weighted by molar-refractivity contribution is 5.76. The second-order valence-corrected chi connectivity index (χ2v) is 2.97. The largest absolute Gasteiger partial charge is 0.416 e. The lowest BCUT2D eigenvalue weighted by molar-refractivity contribution is -0.201. The van der Waals surface area contributed by atoms with Crippen LogP contribution in [0.3, 0.4) is 0 Å². The predicted octanol–water partition coefficient (Wildman–Crippen LogP) is 0.0254. The van der Waals surface area contributed by atoms with E-state index in [0.717, 1.165) is 0 Å². The first-order chi connectivity index (χ1) is 6.88. The van der Waals surface area contributed by atoms with Gasteiger partial charge in [-0.25, -0.2) is 0 Å². The monoisotopic (exact) mass is 228 g/mol. The first kappa shape index (κ1) is 14.2. The summed E-state index contributed by atoms with van der Waals surface area (Å²) in [4.78, 5) is 10.9. The molecule has 0 aromatic carbocycles. The van der Waals surface area contributed by atoms with Gasteiger partial charge in [-0.2, -0.15) is 13.2 Å². The Morgan fingerprint density at radius 3 is 2.53 bits per heavy atom. The lowest BCUT2D eigenvalue weighted by atomic mass is 10.3. The summed E-state index contributed by atoms with van der Waals surface area (Å²) in [5.74, 6) is -0.515. The van der Waals surface area contributed by atoms with Crippen LogP contribution in [-0.4, -0.2) is 42.9 Å². The van der Waals surface area contributed by atoms with Crippen LogP contribution >= 0.6 is 0 Å². The van der Waals surface area contributed by atoms with Gasteiger partial charge in [0.25, 0.3) is 0 Å². The van der Waals surface area contributed by atoms with Crippen LogP contribution in [0.1, 0.15) is 13.3 Å². The Morgan fingerprint density at radius 2 is 2.07 bits per heavy atom. The number of hydrogen-bond donors (Lipinski definition) is 3. The number of aliphatic hydroxyl groups excluding tert-OH is 1. The maximum absolute atomic E-state index is 11.8. The predicted molar refractivity (Wildman–Crippen MR) is 48.2 cm³/mol. The van der Waals surface area contributed by atoms with Crippen molar-refractivity contribution in [2.45, 2.75) is 25.6 Å². The molecule has 1 amide bonds. The van der Waals surface area contributed by atoms with Gasteiger partial charge in [-0.15, -0.1) is 0 Å². The van der Waals surface area contributed by atoms with E-state index in [2.05, 4.69) is 5.32 Å². The van der Waals surface area contributed by atoms with Crippen molar-refractivity contribution in [2.24, 2.45) is 0 Å². The Hall–Kier alpha value is -0.820. The summed E-state index contributed by atoms with van der Waals surface area (Å²) >= 11 is 0. The van der Waals surface area contributed by atoms with Crippen LogP contribution in [-0.2, 0) is 4.79 Å². The van der Waals surface area contributed by atoms with Gasteiger partial charge in [0.2, 0.25) is 5.91 Å². The SMILES string of the molecule is CCNCCC(=O)NCC(O)C(F)(F)F. The summed E-state index contributed by atoms with van der Waals surface area (Å²) in [5, 5.41) is 13.4. The molecule has 0 radical (unpaired) electrons. The highest BCUT2D eigenvalue weighted by Crippen LogP contribution is 2.19. The molecule has 0 saturated heterocycles. The van der Waals surface area contributed by atoms with Crippen LogP contribution in [0, 0.1) is 0 Å². The molecular weight excluding hydrogens is 213 g/mol. The van der Waals surface area contributed by atoms with Crippen LogP contribution in [0.4, 0.5) is 13.2 Å². The molecule has 1 unspecified atom stereocenters. The minimum absolute atomic E-state index is 0.0957. The van der Waals surface area contributed by atoms with Gasteiger partial charge in [-0.1, -0.05) is 6.92 Å². The molecule has 0 heterocycles. The summed E-state index contributed by atoms with van der Waals surface area (Å²) in [5.41, 5.74) is 0. The number of hydrogen-bond acceptors (Lipinski definition) is 3. The number of carbonyl (C=O) groups is 1. The van der Waals surface area contributed by atoms with Crippen LogP contribution in [0.2, 0.25) is 0 Å². The molecule has 0 aliphatic carbocycles. The smallest absolute Gasteiger partial charge is 0.382 e. The number of amides is 1. The molecule has 0 spiro atoms. The summed E-state index contributed by atoms with van der Waals surface area (Å²) in [6, 6.07) is 0. The third kappa shape index (κ3) is 7.15. The standard InChI is InChI=1S/C8H15F3N2O2/c1-2-12-4-3-7(15)13-5-6(14)8(9,10)11/h6,12,14H,2-5H2,1H3,(H,13,15).